The highest BCUT2D eigenvalue weighted by Gasteiger charge is 2.22. The van der Waals surface area contributed by atoms with Crippen molar-refractivity contribution in [2.45, 2.75) is 33.7 Å². The smallest absolute Gasteiger partial charge is 0.262 e. The summed E-state index contributed by atoms with van der Waals surface area (Å²) in [6.45, 7) is 9.41. The molecule has 2 amide bonds. The number of anilines is 1. The Bertz CT molecular complexity index is 1070. The van der Waals surface area contributed by atoms with E-state index >= 15 is 0 Å². The number of piperazine rings is 1. The van der Waals surface area contributed by atoms with Gasteiger partial charge >= 0.3 is 0 Å². The van der Waals surface area contributed by atoms with Crippen LogP contribution in [0.3, 0.4) is 0 Å². The molecule has 1 fully saturated rings. The van der Waals surface area contributed by atoms with E-state index in [1.54, 1.807) is 11.0 Å². The third-order valence-electron chi connectivity index (χ3n) is 5.95. The molecule has 7 nitrogen and oxygen atoms in total. The number of carbonyl (C=O) groups is 2. The highest BCUT2D eigenvalue weighted by Crippen LogP contribution is 2.20. The monoisotopic (exact) mass is 467 g/mol. The normalized spacial score (nSPS) is 14.2. The molecule has 0 spiro atoms. The Morgan fingerprint density at radius 3 is 2.42 bits per heavy atom. The van der Waals surface area contributed by atoms with Gasteiger partial charge in [0, 0.05) is 54.8 Å². The van der Waals surface area contributed by atoms with Crippen LogP contribution in [0, 0.1) is 25.2 Å². The van der Waals surface area contributed by atoms with Gasteiger partial charge in [-0.1, -0.05) is 18.5 Å². The van der Waals surface area contributed by atoms with Crippen LogP contribution in [0.4, 0.5) is 5.69 Å². The van der Waals surface area contributed by atoms with E-state index < -0.39 is 5.91 Å². The number of aromatic nitrogens is 1. The maximum absolute atomic E-state index is 12.6. The maximum Gasteiger partial charge on any atom is 0.262 e. The van der Waals surface area contributed by atoms with Gasteiger partial charge in [-0.15, -0.1) is 0 Å². The number of hydrogen-bond donors (Lipinski definition) is 1. The lowest BCUT2D eigenvalue weighted by Gasteiger charge is -2.36. The van der Waals surface area contributed by atoms with Crippen molar-refractivity contribution >= 4 is 35.2 Å². The molecule has 2 aromatic rings. The lowest BCUT2D eigenvalue weighted by Crippen LogP contribution is -2.51. The van der Waals surface area contributed by atoms with E-state index in [1.807, 2.05) is 50.2 Å². The average Bonchev–Trinajstić information content (AvgIpc) is 3.09. The topological polar surface area (TPSA) is 81.4 Å². The summed E-state index contributed by atoms with van der Waals surface area (Å²) in [7, 11) is 0. The number of nitrogens with one attached hydrogen (secondary N) is 1. The quantitative estimate of drug-likeness (QED) is 0.498. The molecule has 1 aliphatic heterocycles. The van der Waals surface area contributed by atoms with E-state index in [1.165, 1.54) is 0 Å². The molecule has 0 bridgehead atoms. The van der Waals surface area contributed by atoms with E-state index in [2.05, 4.69) is 21.7 Å². The summed E-state index contributed by atoms with van der Waals surface area (Å²) >= 11 is 5.95. The van der Waals surface area contributed by atoms with Gasteiger partial charge < -0.3 is 19.7 Å². The van der Waals surface area contributed by atoms with Crippen LogP contribution < -0.4 is 10.2 Å². The number of hydrogen-bond acceptors (Lipinski definition) is 4. The second-order valence-electron chi connectivity index (χ2n) is 8.17. The van der Waals surface area contributed by atoms with E-state index in [9.17, 15) is 14.9 Å². The Labute approximate surface area is 200 Å². The van der Waals surface area contributed by atoms with Crippen molar-refractivity contribution in [1.29, 1.82) is 5.26 Å². The summed E-state index contributed by atoms with van der Waals surface area (Å²) in [5.41, 5.74) is 4.02. The molecule has 1 N–H and O–H groups in total. The first-order valence-corrected chi connectivity index (χ1v) is 11.6. The number of aryl methyl sites for hydroxylation is 1. The molecule has 8 heteroatoms. The third-order valence-corrected chi connectivity index (χ3v) is 6.20. The van der Waals surface area contributed by atoms with Crippen LogP contribution in [0.15, 0.2) is 35.9 Å². The van der Waals surface area contributed by atoms with Gasteiger partial charge in [-0.25, -0.2) is 0 Å². The number of benzene rings is 1. The van der Waals surface area contributed by atoms with Crippen LogP contribution in [0.5, 0.6) is 0 Å². The third kappa shape index (κ3) is 5.96. The molecule has 2 heterocycles. The van der Waals surface area contributed by atoms with Gasteiger partial charge in [0.05, 0.1) is 6.54 Å². The molecule has 0 radical (unpaired) electrons. The fraction of sp³-hybridized carbons (Fsp3) is 0.400. The molecule has 0 unspecified atom stereocenters. The van der Waals surface area contributed by atoms with Gasteiger partial charge in [-0.05, 0) is 62.2 Å². The summed E-state index contributed by atoms with van der Waals surface area (Å²) in [4.78, 5) is 29.1. The molecule has 33 heavy (non-hydrogen) atoms. The van der Waals surface area contributed by atoms with Crippen molar-refractivity contribution in [2.75, 3.05) is 37.6 Å². The zero-order valence-electron chi connectivity index (χ0n) is 19.4. The van der Waals surface area contributed by atoms with Gasteiger partial charge in [0.2, 0.25) is 5.91 Å². The summed E-state index contributed by atoms with van der Waals surface area (Å²) in [6.07, 6.45) is 2.60. The number of nitrogens with zero attached hydrogens (tertiary/aromatic N) is 4. The first kappa shape index (κ1) is 24.4. The van der Waals surface area contributed by atoms with Crippen molar-refractivity contribution in [1.82, 2.24) is 14.8 Å². The summed E-state index contributed by atoms with van der Waals surface area (Å²) < 4.78 is 2.17. The fourth-order valence-electron chi connectivity index (χ4n) is 4.07. The zero-order valence-corrected chi connectivity index (χ0v) is 20.2. The SMILES string of the molecule is CCCn1c(C)cc(/C=C(/C#N)C(=O)NCC(=O)N2CCN(c3ccc(Cl)cc3)CC2)c1C. The predicted molar refractivity (Wildman–Crippen MR) is 131 cm³/mol. The Morgan fingerprint density at radius 2 is 1.82 bits per heavy atom. The van der Waals surface area contributed by atoms with Crippen LogP contribution in [-0.4, -0.2) is 54.0 Å². The molecule has 1 aliphatic rings. The van der Waals surface area contributed by atoms with E-state index in [-0.39, 0.29) is 18.0 Å². The molecular weight excluding hydrogens is 438 g/mol. The second kappa shape index (κ2) is 11.1. The van der Waals surface area contributed by atoms with Crippen LogP contribution in [0.2, 0.25) is 5.02 Å². The molecule has 0 atom stereocenters. The van der Waals surface area contributed by atoms with E-state index in [4.69, 9.17) is 11.6 Å². The largest absolute Gasteiger partial charge is 0.368 e. The first-order valence-electron chi connectivity index (χ1n) is 11.2. The Hall–Kier alpha value is -3.24. The standard InChI is InChI=1S/C25H30ClN5O2/c1-4-9-31-18(2)14-20(19(31)3)15-21(16-27)25(33)28-17-24(32)30-12-10-29(11-13-30)23-7-5-22(26)6-8-23/h5-8,14-15H,4,9-13,17H2,1-3H3,(H,28,33)/b21-15-. The Balaban J connectivity index is 1.55. The number of halogens is 1. The lowest BCUT2D eigenvalue weighted by molar-refractivity contribution is -0.132. The van der Waals surface area contributed by atoms with Gasteiger partial charge in [-0.3, -0.25) is 9.59 Å². The molecule has 1 aromatic carbocycles. The van der Waals surface area contributed by atoms with Crippen molar-refractivity contribution in [2.24, 2.45) is 0 Å². The van der Waals surface area contributed by atoms with Crippen LogP contribution in [0.1, 0.15) is 30.3 Å². The molecule has 0 aliphatic carbocycles. The molecule has 3 rings (SSSR count). The molecule has 0 saturated carbocycles. The number of nitriles is 1. The minimum atomic E-state index is -0.536. The summed E-state index contributed by atoms with van der Waals surface area (Å²) in [5, 5.41) is 12.8. The Morgan fingerprint density at radius 1 is 1.15 bits per heavy atom. The first-order chi connectivity index (χ1) is 15.8. The van der Waals surface area contributed by atoms with E-state index in [0.29, 0.717) is 31.2 Å². The van der Waals surface area contributed by atoms with Crippen LogP contribution >= 0.6 is 11.6 Å². The maximum atomic E-state index is 12.6. The van der Waals surface area contributed by atoms with Crippen LogP contribution in [0.25, 0.3) is 6.08 Å². The van der Waals surface area contributed by atoms with Crippen LogP contribution in [-0.2, 0) is 16.1 Å². The van der Waals surface area contributed by atoms with Gasteiger partial charge in [0.1, 0.15) is 11.6 Å². The Kier molecular flexibility index (Phi) is 8.18. The predicted octanol–water partition coefficient (Wildman–Crippen LogP) is 3.54. The molecule has 1 aromatic heterocycles. The lowest BCUT2D eigenvalue weighted by atomic mass is 10.1. The van der Waals surface area contributed by atoms with Crippen molar-refractivity contribution in [3.05, 3.63) is 57.9 Å². The average molecular weight is 468 g/mol. The number of rotatable bonds is 7. The minimum absolute atomic E-state index is 0.00731. The highest BCUT2D eigenvalue weighted by atomic mass is 35.5. The fourth-order valence-corrected chi connectivity index (χ4v) is 4.20. The zero-order chi connectivity index (χ0) is 24.0. The summed E-state index contributed by atoms with van der Waals surface area (Å²) in [5.74, 6) is -0.691. The van der Waals surface area contributed by atoms with Gasteiger partial charge in [0.15, 0.2) is 0 Å². The van der Waals surface area contributed by atoms with Gasteiger partial charge in [-0.2, -0.15) is 5.26 Å². The molecule has 174 valence electrons. The molecular formula is C25H30ClN5O2. The molecule has 1 saturated heterocycles. The highest BCUT2D eigenvalue weighted by molar-refractivity contribution is 6.30. The second-order valence-corrected chi connectivity index (χ2v) is 8.61. The minimum Gasteiger partial charge on any atom is -0.368 e. The van der Waals surface area contributed by atoms with Crippen molar-refractivity contribution in [3.63, 3.8) is 0 Å². The number of carbonyl (C=O) groups excluding carboxylic acids is 2. The van der Waals surface area contributed by atoms with Crippen molar-refractivity contribution in [3.8, 4) is 6.07 Å². The van der Waals surface area contributed by atoms with E-state index in [0.717, 1.165) is 35.6 Å². The number of amides is 2. The summed E-state index contributed by atoms with van der Waals surface area (Å²) in [6, 6.07) is 11.6. The van der Waals surface area contributed by atoms with Gasteiger partial charge in [0.25, 0.3) is 5.91 Å². The van der Waals surface area contributed by atoms with Crippen molar-refractivity contribution < 1.29 is 9.59 Å².